The predicted molar refractivity (Wildman–Crippen MR) is 90.6 cm³/mol. The van der Waals surface area contributed by atoms with Crippen molar-refractivity contribution in [3.05, 3.63) is 35.4 Å². The van der Waals surface area contributed by atoms with Gasteiger partial charge >= 0.3 is 0 Å². The van der Waals surface area contributed by atoms with Crippen LogP contribution in [0.25, 0.3) is 0 Å². The molecule has 1 aromatic rings. The lowest BCUT2D eigenvalue weighted by Gasteiger charge is -2.22. The van der Waals surface area contributed by atoms with Gasteiger partial charge in [0.2, 0.25) is 0 Å². The van der Waals surface area contributed by atoms with Crippen molar-refractivity contribution in [2.75, 3.05) is 39.5 Å². The standard InChI is InChI=1S/C16H26N2O2S/c1-3-19-10-8-18(9-11-20-4-2)13-14-6-5-7-15(12-14)16(17)21/h5-7,12H,3-4,8-11,13H2,1-2H3,(H2,17,21). The summed E-state index contributed by atoms with van der Waals surface area (Å²) in [6.45, 7) is 9.60. The first-order valence-electron chi connectivity index (χ1n) is 7.44. The molecule has 0 aliphatic carbocycles. The minimum atomic E-state index is 0.437. The Balaban J connectivity index is 2.60. The smallest absolute Gasteiger partial charge is 0.103 e. The summed E-state index contributed by atoms with van der Waals surface area (Å²) < 4.78 is 10.9. The molecule has 4 nitrogen and oxygen atoms in total. The van der Waals surface area contributed by atoms with Gasteiger partial charge in [-0.3, -0.25) is 4.90 Å². The molecular formula is C16H26N2O2S. The van der Waals surface area contributed by atoms with Crippen molar-refractivity contribution < 1.29 is 9.47 Å². The Morgan fingerprint density at radius 3 is 2.29 bits per heavy atom. The molecule has 118 valence electrons. The third-order valence-corrected chi connectivity index (χ3v) is 3.37. The Kier molecular flexibility index (Phi) is 9.17. The van der Waals surface area contributed by atoms with Gasteiger partial charge in [0.05, 0.1) is 13.2 Å². The predicted octanol–water partition coefficient (Wildman–Crippen LogP) is 2.20. The maximum Gasteiger partial charge on any atom is 0.103 e. The van der Waals surface area contributed by atoms with E-state index in [-0.39, 0.29) is 0 Å². The molecule has 5 heteroatoms. The Labute approximate surface area is 133 Å². The molecule has 0 atom stereocenters. The van der Waals surface area contributed by atoms with E-state index in [9.17, 15) is 0 Å². The van der Waals surface area contributed by atoms with E-state index in [1.807, 2.05) is 26.0 Å². The molecule has 2 N–H and O–H groups in total. The molecule has 1 rings (SSSR count). The molecule has 0 heterocycles. The van der Waals surface area contributed by atoms with Crippen LogP contribution in [0.3, 0.4) is 0 Å². The van der Waals surface area contributed by atoms with Crippen LogP contribution < -0.4 is 5.73 Å². The number of hydrogen-bond acceptors (Lipinski definition) is 4. The molecule has 0 aliphatic heterocycles. The average Bonchev–Trinajstić information content (AvgIpc) is 2.48. The maximum absolute atomic E-state index is 5.69. The third kappa shape index (κ3) is 7.52. The normalized spacial score (nSPS) is 11.0. The first-order valence-corrected chi connectivity index (χ1v) is 7.84. The monoisotopic (exact) mass is 310 g/mol. The second-order valence-electron chi connectivity index (χ2n) is 4.73. The van der Waals surface area contributed by atoms with Gasteiger partial charge < -0.3 is 15.2 Å². The van der Waals surface area contributed by atoms with Crippen LogP contribution in [0.4, 0.5) is 0 Å². The molecule has 0 amide bonds. The summed E-state index contributed by atoms with van der Waals surface area (Å²) in [4.78, 5) is 2.76. The zero-order chi connectivity index (χ0) is 15.5. The van der Waals surface area contributed by atoms with E-state index in [0.717, 1.165) is 51.6 Å². The first-order chi connectivity index (χ1) is 10.2. The summed E-state index contributed by atoms with van der Waals surface area (Å²) >= 11 is 5.03. The van der Waals surface area contributed by atoms with Gasteiger partial charge in [-0.05, 0) is 25.5 Å². The third-order valence-electron chi connectivity index (χ3n) is 3.13. The molecule has 0 unspecified atom stereocenters. The molecule has 0 bridgehead atoms. The topological polar surface area (TPSA) is 47.7 Å². The lowest BCUT2D eigenvalue weighted by molar-refractivity contribution is 0.0798. The molecule has 0 aromatic heterocycles. The fraction of sp³-hybridized carbons (Fsp3) is 0.562. The Bertz CT molecular complexity index is 416. The summed E-state index contributed by atoms with van der Waals surface area (Å²) in [5, 5.41) is 0. The minimum Gasteiger partial charge on any atom is -0.389 e. The number of thiocarbonyl (C=S) groups is 1. The molecule has 0 spiro atoms. The van der Waals surface area contributed by atoms with E-state index < -0.39 is 0 Å². The van der Waals surface area contributed by atoms with Gasteiger partial charge in [0.15, 0.2) is 0 Å². The Morgan fingerprint density at radius 2 is 1.76 bits per heavy atom. The van der Waals surface area contributed by atoms with Gasteiger partial charge in [-0.1, -0.05) is 30.4 Å². The summed E-state index contributed by atoms with van der Waals surface area (Å²) in [5.41, 5.74) is 7.80. The number of nitrogens with zero attached hydrogens (tertiary/aromatic N) is 1. The number of benzene rings is 1. The lowest BCUT2D eigenvalue weighted by Crippen LogP contribution is -2.31. The average molecular weight is 310 g/mol. The van der Waals surface area contributed by atoms with Crippen LogP contribution in [0.15, 0.2) is 24.3 Å². The van der Waals surface area contributed by atoms with Crippen molar-refractivity contribution >= 4 is 17.2 Å². The van der Waals surface area contributed by atoms with Crippen molar-refractivity contribution in [3.8, 4) is 0 Å². The molecule has 0 saturated heterocycles. The van der Waals surface area contributed by atoms with Crippen molar-refractivity contribution in [1.82, 2.24) is 4.90 Å². The van der Waals surface area contributed by atoms with Gasteiger partial charge in [0, 0.05) is 38.4 Å². The largest absolute Gasteiger partial charge is 0.389 e. The molecule has 0 fully saturated rings. The Morgan fingerprint density at radius 1 is 1.14 bits per heavy atom. The molecular weight excluding hydrogens is 284 g/mol. The fourth-order valence-corrected chi connectivity index (χ4v) is 2.15. The van der Waals surface area contributed by atoms with E-state index in [4.69, 9.17) is 27.4 Å². The molecule has 1 aromatic carbocycles. The number of hydrogen-bond donors (Lipinski definition) is 1. The second-order valence-corrected chi connectivity index (χ2v) is 5.17. The molecule has 0 radical (unpaired) electrons. The Hall–Kier alpha value is -1.01. The highest BCUT2D eigenvalue weighted by atomic mass is 32.1. The van der Waals surface area contributed by atoms with Crippen LogP contribution in [-0.2, 0) is 16.0 Å². The van der Waals surface area contributed by atoms with E-state index in [1.54, 1.807) is 0 Å². The highest BCUT2D eigenvalue weighted by Gasteiger charge is 2.07. The summed E-state index contributed by atoms with van der Waals surface area (Å²) in [5.74, 6) is 0. The van der Waals surface area contributed by atoms with E-state index in [1.165, 1.54) is 5.56 Å². The summed E-state index contributed by atoms with van der Waals surface area (Å²) in [6.07, 6.45) is 0. The number of nitrogens with two attached hydrogens (primary N) is 1. The van der Waals surface area contributed by atoms with E-state index in [2.05, 4.69) is 17.0 Å². The van der Waals surface area contributed by atoms with Crippen molar-refractivity contribution in [3.63, 3.8) is 0 Å². The zero-order valence-electron chi connectivity index (χ0n) is 13.0. The van der Waals surface area contributed by atoms with Crippen molar-refractivity contribution in [1.29, 1.82) is 0 Å². The van der Waals surface area contributed by atoms with Crippen molar-refractivity contribution in [2.24, 2.45) is 5.73 Å². The van der Waals surface area contributed by atoms with E-state index in [0.29, 0.717) is 4.99 Å². The van der Waals surface area contributed by atoms with Crippen LogP contribution >= 0.6 is 12.2 Å². The SMILES string of the molecule is CCOCCN(CCOCC)Cc1cccc(C(N)=S)c1. The molecule has 21 heavy (non-hydrogen) atoms. The van der Waals surface area contributed by atoms with Gasteiger partial charge in [-0.2, -0.15) is 0 Å². The molecule has 0 aliphatic rings. The van der Waals surface area contributed by atoms with Gasteiger partial charge in [0.1, 0.15) is 4.99 Å². The summed E-state index contributed by atoms with van der Waals surface area (Å²) in [6, 6.07) is 8.08. The number of rotatable bonds is 11. The minimum absolute atomic E-state index is 0.437. The zero-order valence-corrected chi connectivity index (χ0v) is 13.8. The van der Waals surface area contributed by atoms with E-state index >= 15 is 0 Å². The highest BCUT2D eigenvalue weighted by molar-refractivity contribution is 7.80. The molecule has 0 saturated carbocycles. The maximum atomic E-state index is 5.69. The first kappa shape index (κ1) is 18.0. The van der Waals surface area contributed by atoms with Crippen LogP contribution in [0.2, 0.25) is 0 Å². The van der Waals surface area contributed by atoms with Crippen molar-refractivity contribution in [2.45, 2.75) is 20.4 Å². The fourth-order valence-electron chi connectivity index (χ4n) is 2.03. The van der Waals surface area contributed by atoms with Gasteiger partial charge in [-0.15, -0.1) is 0 Å². The quantitative estimate of drug-likeness (QED) is 0.501. The lowest BCUT2D eigenvalue weighted by atomic mass is 10.1. The highest BCUT2D eigenvalue weighted by Crippen LogP contribution is 2.08. The van der Waals surface area contributed by atoms with Gasteiger partial charge in [0.25, 0.3) is 0 Å². The van der Waals surface area contributed by atoms with Crippen LogP contribution in [0.1, 0.15) is 25.0 Å². The number of ether oxygens (including phenoxy) is 2. The van der Waals surface area contributed by atoms with Gasteiger partial charge in [-0.25, -0.2) is 0 Å². The van der Waals surface area contributed by atoms with Crippen LogP contribution in [0.5, 0.6) is 0 Å². The van der Waals surface area contributed by atoms with Crippen LogP contribution in [0, 0.1) is 0 Å². The van der Waals surface area contributed by atoms with Crippen LogP contribution in [-0.4, -0.2) is 49.4 Å². The summed E-state index contributed by atoms with van der Waals surface area (Å²) in [7, 11) is 0. The second kappa shape index (κ2) is 10.7.